The van der Waals surface area contributed by atoms with Gasteiger partial charge in [-0.05, 0) is 55.5 Å². The molecule has 0 spiro atoms. The molecule has 2 atom stereocenters. The maximum Gasteiger partial charge on any atom is 0.329 e. The van der Waals surface area contributed by atoms with Gasteiger partial charge in [-0.15, -0.1) is 11.3 Å². The Morgan fingerprint density at radius 3 is 2.17 bits per heavy atom. The predicted molar refractivity (Wildman–Crippen MR) is 111 cm³/mol. The highest BCUT2D eigenvalue weighted by molar-refractivity contribution is 7.12. The lowest BCUT2D eigenvalue weighted by atomic mass is 10.0. The number of benzene rings is 1. The number of carbonyl (C=O) groups is 4. The lowest BCUT2D eigenvalue weighted by molar-refractivity contribution is -0.156. The van der Waals surface area contributed by atoms with Gasteiger partial charge in [0.25, 0.3) is 11.8 Å². The van der Waals surface area contributed by atoms with E-state index in [1.165, 1.54) is 25.2 Å². The van der Waals surface area contributed by atoms with E-state index in [0.717, 1.165) is 0 Å². The summed E-state index contributed by atoms with van der Waals surface area (Å²) in [6.07, 6.45) is -1.06. The normalized spacial score (nSPS) is 12.7. The van der Waals surface area contributed by atoms with Gasteiger partial charge in [-0.3, -0.25) is 14.4 Å². The molecular formula is C21H24N2O5S. The number of rotatable bonds is 8. The summed E-state index contributed by atoms with van der Waals surface area (Å²) in [7, 11) is 0. The summed E-state index contributed by atoms with van der Waals surface area (Å²) < 4.78 is 5.27. The van der Waals surface area contributed by atoms with Crippen LogP contribution in [0.5, 0.6) is 0 Å². The largest absolute Gasteiger partial charge is 0.451 e. The molecule has 8 heteroatoms. The molecule has 2 rings (SSSR count). The second-order valence-corrected chi connectivity index (χ2v) is 7.82. The molecule has 0 saturated heterocycles. The van der Waals surface area contributed by atoms with Crippen LogP contribution >= 0.6 is 11.3 Å². The van der Waals surface area contributed by atoms with E-state index in [-0.39, 0.29) is 17.6 Å². The van der Waals surface area contributed by atoms with Gasteiger partial charge < -0.3 is 15.4 Å². The van der Waals surface area contributed by atoms with E-state index >= 15 is 0 Å². The number of nitrogens with one attached hydrogen (secondary N) is 2. The molecule has 0 aliphatic rings. The molecule has 2 amide bonds. The van der Waals surface area contributed by atoms with Crippen LogP contribution in [0.1, 0.15) is 47.7 Å². The maximum atomic E-state index is 12.5. The number of hydrogen-bond donors (Lipinski definition) is 2. The van der Waals surface area contributed by atoms with Gasteiger partial charge >= 0.3 is 5.97 Å². The second kappa shape index (κ2) is 9.97. The van der Waals surface area contributed by atoms with Crippen LogP contribution in [-0.2, 0) is 14.3 Å². The van der Waals surface area contributed by atoms with Gasteiger partial charge in [-0.2, -0.15) is 0 Å². The zero-order chi connectivity index (χ0) is 21.6. The Kier molecular flexibility index (Phi) is 7.67. The van der Waals surface area contributed by atoms with Gasteiger partial charge in [0.15, 0.2) is 11.9 Å². The summed E-state index contributed by atoms with van der Waals surface area (Å²) in [5.74, 6) is -1.85. The van der Waals surface area contributed by atoms with Gasteiger partial charge in [-0.1, -0.05) is 19.9 Å². The molecular weight excluding hydrogens is 392 g/mol. The molecule has 0 radical (unpaired) electrons. The van der Waals surface area contributed by atoms with E-state index in [1.54, 1.807) is 55.6 Å². The third-order valence-electron chi connectivity index (χ3n) is 4.17. The van der Waals surface area contributed by atoms with Gasteiger partial charge in [0.2, 0.25) is 0 Å². The van der Waals surface area contributed by atoms with Gasteiger partial charge in [0.05, 0.1) is 4.88 Å². The number of amides is 2. The van der Waals surface area contributed by atoms with Crippen LogP contribution in [0.15, 0.2) is 41.8 Å². The molecule has 0 fully saturated rings. The summed E-state index contributed by atoms with van der Waals surface area (Å²) in [5, 5.41) is 7.06. The average Bonchev–Trinajstić information content (AvgIpc) is 3.20. The van der Waals surface area contributed by atoms with Crippen molar-refractivity contribution in [3.05, 3.63) is 52.2 Å². The molecule has 29 heavy (non-hydrogen) atoms. The van der Waals surface area contributed by atoms with Crippen molar-refractivity contribution in [3.8, 4) is 0 Å². The Morgan fingerprint density at radius 2 is 1.66 bits per heavy atom. The SMILES string of the molecule is CC(=O)c1ccc(NC(=O)[C@H](C)OC(=O)[C@H](NC(=O)c2cccs2)C(C)C)cc1. The predicted octanol–water partition coefficient (Wildman–Crippen LogP) is 3.28. The highest BCUT2D eigenvalue weighted by Crippen LogP contribution is 2.13. The van der Waals surface area contributed by atoms with Crippen LogP contribution in [0.2, 0.25) is 0 Å². The molecule has 1 aromatic carbocycles. The van der Waals surface area contributed by atoms with Crippen molar-refractivity contribution in [2.75, 3.05) is 5.32 Å². The smallest absolute Gasteiger partial charge is 0.329 e. The number of esters is 1. The highest BCUT2D eigenvalue weighted by atomic mass is 32.1. The van der Waals surface area contributed by atoms with Crippen molar-refractivity contribution in [2.24, 2.45) is 5.92 Å². The van der Waals surface area contributed by atoms with Crippen LogP contribution in [-0.4, -0.2) is 35.7 Å². The number of hydrogen-bond acceptors (Lipinski definition) is 6. The summed E-state index contributed by atoms with van der Waals surface area (Å²) >= 11 is 1.27. The monoisotopic (exact) mass is 416 g/mol. The Hall–Kier alpha value is -3.00. The third kappa shape index (κ3) is 6.25. The summed E-state index contributed by atoms with van der Waals surface area (Å²) in [6, 6.07) is 8.93. The Labute approximate surface area is 173 Å². The van der Waals surface area contributed by atoms with Crippen molar-refractivity contribution >= 4 is 40.6 Å². The lowest BCUT2D eigenvalue weighted by Crippen LogP contribution is -2.47. The molecule has 154 valence electrons. The number of ether oxygens (including phenoxy) is 1. The van der Waals surface area contributed by atoms with E-state index in [2.05, 4.69) is 10.6 Å². The summed E-state index contributed by atoms with van der Waals surface area (Å²) in [4.78, 5) is 48.9. The fraction of sp³-hybridized carbons (Fsp3) is 0.333. The second-order valence-electron chi connectivity index (χ2n) is 6.87. The van der Waals surface area contributed by atoms with E-state index < -0.39 is 24.0 Å². The van der Waals surface area contributed by atoms with Gasteiger partial charge in [0, 0.05) is 11.3 Å². The van der Waals surface area contributed by atoms with Crippen LogP contribution < -0.4 is 10.6 Å². The number of ketones is 1. The number of Topliss-reactive ketones (excluding diaryl/α,β-unsaturated/α-hetero) is 1. The number of thiophene rings is 1. The first kappa shape index (κ1) is 22.3. The molecule has 0 saturated carbocycles. The molecule has 2 aromatic rings. The maximum absolute atomic E-state index is 12.5. The number of carbonyl (C=O) groups excluding carboxylic acids is 4. The minimum atomic E-state index is -1.06. The first-order valence-corrected chi connectivity index (χ1v) is 10.0. The summed E-state index contributed by atoms with van der Waals surface area (Å²) in [5.41, 5.74) is 1.01. The van der Waals surface area contributed by atoms with Crippen molar-refractivity contribution in [1.29, 1.82) is 0 Å². The van der Waals surface area contributed by atoms with Crippen molar-refractivity contribution in [1.82, 2.24) is 5.32 Å². The Morgan fingerprint density at radius 1 is 1.00 bits per heavy atom. The van der Waals surface area contributed by atoms with Crippen LogP contribution in [0.25, 0.3) is 0 Å². The molecule has 2 N–H and O–H groups in total. The lowest BCUT2D eigenvalue weighted by Gasteiger charge is -2.22. The van der Waals surface area contributed by atoms with Crippen molar-refractivity contribution < 1.29 is 23.9 Å². The zero-order valence-corrected chi connectivity index (χ0v) is 17.5. The molecule has 1 aromatic heterocycles. The first-order chi connectivity index (χ1) is 13.7. The quantitative estimate of drug-likeness (QED) is 0.508. The van der Waals surface area contributed by atoms with Crippen LogP contribution in [0.3, 0.4) is 0 Å². The third-order valence-corrected chi connectivity index (χ3v) is 5.04. The fourth-order valence-electron chi connectivity index (χ4n) is 2.45. The minimum absolute atomic E-state index is 0.0745. The minimum Gasteiger partial charge on any atom is -0.451 e. The van der Waals surface area contributed by atoms with E-state index in [4.69, 9.17) is 4.74 Å². The Balaban J connectivity index is 1.96. The van der Waals surface area contributed by atoms with Crippen molar-refractivity contribution in [3.63, 3.8) is 0 Å². The average molecular weight is 416 g/mol. The highest BCUT2D eigenvalue weighted by Gasteiger charge is 2.29. The standard InChI is InChI=1S/C21H24N2O5S/c1-12(2)18(23-20(26)17-6-5-11-29-17)21(27)28-14(4)19(25)22-16-9-7-15(8-10-16)13(3)24/h5-12,14,18H,1-4H3,(H,22,25)(H,23,26)/t14-,18+/m0/s1. The molecule has 1 heterocycles. The summed E-state index contributed by atoms with van der Waals surface area (Å²) in [6.45, 7) is 6.47. The first-order valence-electron chi connectivity index (χ1n) is 9.15. The van der Waals surface area contributed by atoms with Crippen molar-refractivity contribution in [2.45, 2.75) is 39.8 Å². The van der Waals surface area contributed by atoms with Gasteiger partial charge in [0.1, 0.15) is 6.04 Å². The van der Waals surface area contributed by atoms with Crippen LogP contribution in [0, 0.1) is 5.92 Å². The fourth-order valence-corrected chi connectivity index (χ4v) is 3.08. The van der Waals surface area contributed by atoms with Gasteiger partial charge in [-0.25, -0.2) is 4.79 Å². The molecule has 7 nitrogen and oxygen atoms in total. The zero-order valence-electron chi connectivity index (χ0n) is 16.7. The van der Waals surface area contributed by atoms with E-state index in [1.807, 2.05) is 0 Å². The van der Waals surface area contributed by atoms with E-state index in [9.17, 15) is 19.2 Å². The molecule has 0 aliphatic carbocycles. The Bertz CT molecular complexity index is 875. The van der Waals surface area contributed by atoms with Crippen LogP contribution in [0.4, 0.5) is 5.69 Å². The topological polar surface area (TPSA) is 102 Å². The van der Waals surface area contributed by atoms with E-state index in [0.29, 0.717) is 16.1 Å². The molecule has 0 aliphatic heterocycles. The number of anilines is 1. The molecule has 0 bridgehead atoms. The molecule has 0 unspecified atom stereocenters.